The van der Waals surface area contributed by atoms with Crippen molar-refractivity contribution in [3.63, 3.8) is 0 Å². The minimum absolute atomic E-state index is 0.0813. The van der Waals surface area contributed by atoms with Crippen LogP contribution in [0.15, 0.2) is 51.2 Å². The van der Waals surface area contributed by atoms with Gasteiger partial charge in [-0.15, -0.1) is 0 Å². The molecule has 0 saturated heterocycles. The SMILES string of the molecule is COc1c(O)cc2oc3cc4ccc5c(c4c(O)c3c(=O)c2c1CC=C(C)C)C=CC(C)(C)O5. The van der Waals surface area contributed by atoms with E-state index in [1.807, 2.05) is 58.1 Å². The Morgan fingerprint density at radius 2 is 1.82 bits per heavy atom. The molecule has 1 aliphatic heterocycles. The number of benzene rings is 3. The summed E-state index contributed by atoms with van der Waals surface area (Å²) in [7, 11) is 1.45. The van der Waals surface area contributed by atoms with Crippen LogP contribution in [0.4, 0.5) is 0 Å². The Balaban J connectivity index is 1.92. The summed E-state index contributed by atoms with van der Waals surface area (Å²) in [4.78, 5) is 13.8. The lowest BCUT2D eigenvalue weighted by atomic mass is 9.94. The monoisotopic (exact) mass is 458 g/mol. The van der Waals surface area contributed by atoms with Gasteiger partial charge < -0.3 is 24.1 Å². The first-order valence-corrected chi connectivity index (χ1v) is 11.1. The number of allylic oxidation sites excluding steroid dienone is 2. The van der Waals surface area contributed by atoms with Gasteiger partial charge in [0.05, 0.1) is 12.5 Å². The summed E-state index contributed by atoms with van der Waals surface area (Å²) in [5.41, 5.74) is 1.89. The number of ether oxygens (including phenoxy) is 2. The molecule has 0 amide bonds. The number of phenols is 2. The zero-order valence-corrected chi connectivity index (χ0v) is 19.8. The van der Waals surface area contributed by atoms with E-state index in [9.17, 15) is 15.0 Å². The third-order valence-corrected chi connectivity index (χ3v) is 6.18. The highest BCUT2D eigenvalue weighted by Gasteiger charge is 2.26. The lowest BCUT2D eigenvalue weighted by molar-refractivity contribution is 0.159. The quantitative estimate of drug-likeness (QED) is 0.280. The molecule has 0 fully saturated rings. The predicted molar refractivity (Wildman–Crippen MR) is 134 cm³/mol. The molecule has 174 valence electrons. The topological polar surface area (TPSA) is 89.1 Å². The molecule has 2 heterocycles. The molecule has 0 radical (unpaired) electrons. The van der Waals surface area contributed by atoms with E-state index >= 15 is 0 Å². The van der Waals surface area contributed by atoms with Gasteiger partial charge in [0.2, 0.25) is 5.43 Å². The van der Waals surface area contributed by atoms with E-state index in [0.29, 0.717) is 34.1 Å². The molecule has 0 spiro atoms. The molecule has 34 heavy (non-hydrogen) atoms. The second kappa shape index (κ2) is 7.55. The molecule has 0 unspecified atom stereocenters. The minimum atomic E-state index is -0.471. The van der Waals surface area contributed by atoms with Gasteiger partial charge in [-0.1, -0.05) is 23.8 Å². The van der Waals surface area contributed by atoms with Crippen LogP contribution in [0.3, 0.4) is 0 Å². The van der Waals surface area contributed by atoms with Crippen LogP contribution < -0.4 is 14.9 Å². The van der Waals surface area contributed by atoms with Crippen LogP contribution in [0.1, 0.15) is 38.8 Å². The summed E-state index contributed by atoms with van der Waals surface area (Å²) in [6.45, 7) is 7.81. The smallest absolute Gasteiger partial charge is 0.204 e. The maximum atomic E-state index is 13.8. The lowest BCUT2D eigenvalue weighted by Gasteiger charge is -2.28. The number of aromatic hydroxyl groups is 2. The van der Waals surface area contributed by atoms with Gasteiger partial charge in [0.15, 0.2) is 11.5 Å². The van der Waals surface area contributed by atoms with Crippen molar-refractivity contribution in [3.8, 4) is 23.0 Å². The van der Waals surface area contributed by atoms with Gasteiger partial charge in [0.1, 0.15) is 33.7 Å². The highest BCUT2D eigenvalue weighted by atomic mass is 16.5. The summed E-state index contributed by atoms with van der Waals surface area (Å²) >= 11 is 0. The van der Waals surface area contributed by atoms with Crippen molar-refractivity contribution in [1.82, 2.24) is 0 Å². The van der Waals surface area contributed by atoms with E-state index in [1.54, 1.807) is 6.07 Å². The predicted octanol–water partition coefficient (Wildman–Crippen LogP) is 6.21. The van der Waals surface area contributed by atoms with E-state index < -0.39 is 5.60 Å². The summed E-state index contributed by atoms with van der Waals surface area (Å²) in [6.07, 6.45) is 6.14. The highest BCUT2D eigenvalue weighted by molar-refractivity contribution is 6.10. The first-order chi connectivity index (χ1) is 16.1. The molecule has 1 aromatic heterocycles. The zero-order chi connectivity index (χ0) is 24.4. The normalized spacial score (nSPS) is 14.3. The third-order valence-electron chi connectivity index (χ3n) is 6.18. The fraction of sp³-hybridized carbons (Fsp3) is 0.250. The van der Waals surface area contributed by atoms with Crippen LogP contribution in [-0.2, 0) is 6.42 Å². The molecule has 3 aromatic carbocycles. The Hall–Kier alpha value is -3.93. The first-order valence-electron chi connectivity index (χ1n) is 11.1. The van der Waals surface area contributed by atoms with Crippen molar-refractivity contribution in [1.29, 1.82) is 0 Å². The van der Waals surface area contributed by atoms with Crippen molar-refractivity contribution in [3.05, 3.63) is 63.3 Å². The molecule has 5 rings (SSSR count). The Morgan fingerprint density at radius 1 is 1.09 bits per heavy atom. The Morgan fingerprint density at radius 3 is 2.53 bits per heavy atom. The van der Waals surface area contributed by atoms with Crippen LogP contribution in [0.25, 0.3) is 38.8 Å². The summed E-state index contributed by atoms with van der Waals surface area (Å²) in [5.74, 6) is 0.579. The largest absolute Gasteiger partial charge is 0.506 e. The van der Waals surface area contributed by atoms with Crippen LogP contribution in [-0.4, -0.2) is 22.9 Å². The molecule has 0 aliphatic carbocycles. The van der Waals surface area contributed by atoms with E-state index in [0.717, 1.165) is 5.57 Å². The van der Waals surface area contributed by atoms with E-state index in [1.165, 1.54) is 13.2 Å². The standard InChI is InChI=1S/C28H26O6/c1-14(2)6-8-17-23-21(13-18(29)27(17)32-5)33-20-12-15-7-9-19-16(10-11-28(3,4)34-19)22(15)25(30)24(20)26(23)31/h6-7,9-13,29-30H,8H2,1-5H3. The lowest BCUT2D eigenvalue weighted by Crippen LogP contribution is -2.27. The van der Waals surface area contributed by atoms with Gasteiger partial charge in [-0.05, 0) is 57.7 Å². The fourth-order valence-corrected chi connectivity index (χ4v) is 4.59. The minimum Gasteiger partial charge on any atom is -0.506 e. The van der Waals surface area contributed by atoms with Crippen molar-refractivity contribution >= 4 is 38.8 Å². The molecular weight excluding hydrogens is 432 g/mol. The van der Waals surface area contributed by atoms with Gasteiger partial charge in [0, 0.05) is 22.6 Å². The van der Waals surface area contributed by atoms with Crippen molar-refractivity contribution in [2.75, 3.05) is 7.11 Å². The average molecular weight is 459 g/mol. The van der Waals surface area contributed by atoms with Gasteiger partial charge in [0.25, 0.3) is 0 Å². The van der Waals surface area contributed by atoms with Crippen LogP contribution >= 0.6 is 0 Å². The van der Waals surface area contributed by atoms with Crippen LogP contribution in [0, 0.1) is 0 Å². The molecule has 6 heteroatoms. The number of rotatable bonds is 3. The molecule has 2 N–H and O–H groups in total. The van der Waals surface area contributed by atoms with E-state index in [4.69, 9.17) is 13.9 Å². The maximum absolute atomic E-state index is 13.8. The third kappa shape index (κ3) is 3.29. The molecule has 1 aliphatic rings. The summed E-state index contributed by atoms with van der Waals surface area (Å²) in [6, 6.07) is 6.80. The first kappa shape index (κ1) is 21.9. The Kier molecular flexibility index (Phi) is 4.86. The second-order valence-corrected chi connectivity index (χ2v) is 9.41. The van der Waals surface area contributed by atoms with Crippen molar-refractivity contribution < 1.29 is 24.1 Å². The van der Waals surface area contributed by atoms with Gasteiger partial charge in [-0.3, -0.25) is 4.79 Å². The number of fused-ring (bicyclic) bond motifs is 5. The Bertz CT molecular complexity index is 1610. The number of methoxy groups -OCH3 is 1. The maximum Gasteiger partial charge on any atom is 0.204 e. The summed E-state index contributed by atoms with van der Waals surface area (Å²) in [5, 5.41) is 23.5. The highest BCUT2D eigenvalue weighted by Crippen LogP contribution is 2.44. The van der Waals surface area contributed by atoms with E-state index in [2.05, 4.69) is 0 Å². The molecule has 4 aromatic rings. The molecular formula is C28H26O6. The number of phenolic OH excluding ortho intramolecular Hbond substituents is 2. The van der Waals surface area contributed by atoms with Crippen LogP contribution in [0.2, 0.25) is 0 Å². The van der Waals surface area contributed by atoms with Crippen LogP contribution in [0.5, 0.6) is 23.0 Å². The van der Waals surface area contributed by atoms with E-state index in [-0.39, 0.29) is 44.6 Å². The molecule has 0 atom stereocenters. The second-order valence-electron chi connectivity index (χ2n) is 9.41. The Labute approximate surface area is 196 Å². The summed E-state index contributed by atoms with van der Waals surface area (Å²) < 4.78 is 17.6. The number of hydrogen-bond acceptors (Lipinski definition) is 6. The molecule has 6 nitrogen and oxygen atoms in total. The zero-order valence-electron chi connectivity index (χ0n) is 19.8. The van der Waals surface area contributed by atoms with Gasteiger partial charge in [-0.25, -0.2) is 0 Å². The molecule has 0 saturated carbocycles. The molecule has 0 bridgehead atoms. The average Bonchev–Trinajstić information content (AvgIpc) is 2.76. The van der Waals surface area contributed by atoms with Crippen molar-refractivity contribution in [2.45, 2.75) is 39.7 Å². The van der Waals surface area contributed by atoms with Crippen molar-refractivity contribution in [2.24, 2.45) is 0 Å². The fourth-order valence-electron chi connectivity index (χ4n) is 4.59. The number of hydrogen-bond donors (Lipinski definition) is 2. The van der Waals surface area contributed by atoms with Gasteiger partial charge in [-0.2, -0.15) is 0 Å². The van der Waals surface area contributed by atoms with Gasteiger partial charge >= 0.3 is 0 Å².